The highest BCUT2D eigenvalue weighted by Gasteiger charge is 2.33. The lowest BCUT2D eigenvalue weighted by molar-refractivity contribution is -0.128. The van der Waals surface area contributed by atoms with Crippen molar-refractivity contribution in [1.29, 1.82) is 0 Å². The first-order valence-electron chi connectivity index (χ1n) is 5.23. The van der Waals surface area contributed by atoms with Crippen LogP contribution in [0.3, 0.4) is 0 Å². The minimum atomic E-state index is -0.276. The van der Waals surface area contributed by atoms with Gasteiger partial charge in [0, 0.05) is 5.41 Å². The summed E-state index contributed by atoms with van der Waals surface area (Å²) in [4.78, 5) is 11.8. The van der Waals surface area contributed by atoms with Crippen molar-refractivity contribution in [3.8, 4) is 0 Å². The minimum absolute atomic E-state index is 0.220. The fourth-order valence-electron chi connectivity index (χ4n) is 2.03. The first-order chi connectivity index (χ1) is 5.93. The van der Waals surface area contributed by atoms with Crippen LogP contribution in [0.2, 0.25) is 0 Å². The largest absolute Gasteiger partial charge is 0.321 e. The Balaban J connectivity index is 2.56. The van der Waals surface area contributed by atoms with E-state index < -0.39 is 0 Å². The molecule has 2 heteroatoms. The molecular weight excluding hydrogens is 162 g/mol. The van der Waals surface area contributed by atoms with Crippen molar-refractivity contribution in [2.24, 2.45) is 17.1 Å². The van der Waals surface area contributed by atoms with Gasteiger partial charge in [0.2, 0.25) is 0 Å². The van der Waals surface area contributed by atoms with Crippen LogP contribution < -0.4 is 5.73 Å². The van der Waals surface area contributed by atoms with Crippen LogP contribution in [-0.4, -0.2) is 11.8 Å². The molecule has 76 valence electrons. The number of Topliss-reactive ketones (excluding diaryl/α,β-unsaturated/α-hetero) is 1. The molecule has 2 N–H and O–H groups in total. The van der Waals surface area contributed by atoms with E-state index in [1.807, 2.05) is 20.8 Å². The maximum atomic E-state index is 11.8. The van der Waals surface area contributed by atoms with Crippen molar-refractivity contribution in [3.05, 3.63) is 0 Å². The van der Waals surface area contributed by atoms with E-state index in [1.165, 1.54) is 12.8 Å². The van der Waals surface area contributed by atoms with Gasteiger partial charge in [-0.25, -0.2) is 0 Å². The summed E-state index contributed by atoms with van der Waals surface area (Å²) in [6.07, 6.45) is 4.78. The molecule has 0 aromatic rings. The van der Waals surface area contributed by atoms with Crippen molar-refractivity contribution >= 4 is 5.78 Å². The molecule has 2 nitrogen and oxygen atoms in total. The summed E-state index contributed by atoms with van der Waals surface area (Å²) in [7, 11) is 0. The summed E-state index contributed by atoms with van der Waals surface area (Å²) in [5.74, 6) is 0.672. The maximum absolute atomic E-state index is 11.8. The number of rotatable bonds is 2. The van der Waals surface area contributed by atoms with Gasteiger partial charge in [-0.1, -0.05) is 33.6 Å². The van der Waals surface area contributed by atoms with Crippen molar-refractivity contribution in [3.63, 3.8) is 0 Å². The number of ketones is 1. The highest BCUT2D eigenvalue weighted by atomic mass is 16.1. The Bertz CT molecular complexity index is 187. The van der Waals surface area contributed by atoms with Crippen LogP contribution >= 0.6 is 0 Å². The van der Waals surface area contributed by atoms with E-state index in [2.05, 4.69) is 0 Å². The van der Waals surface area contributed by atoms with Crippen LogP contribution in [0.4, 0.5) is 0 Å². The number of carbonyl (C=O) groups excluding carboxylic acids is 1. The van der Waals surface area contributed by atoms with E-state index in [1.54, 1.807) is 0 Å². The highest BCUT2D eigenvalue weighted by Crippen LogP contribution is 2.30. The topological polar surface area (TPSA) is 43.1 Å². The van der Waals surface area contributed by atoms with Gasteiger partial charge in [0.05, 0.1) is 6.04 Å². The summed E-state index contributed by atoms with van der Waals surface area (Å²) in [5.41, 5.74) is 5.68. The summed E-state index contributed by atoms with van der Waals surface area (Å²) in [6, 6.07) is -0.220. The molecule has 1 saturated carbocycles. The van der Waals surface area contributed by atoms with Crippen LogP contribution in [0.25, 0.3) is 0 Å². The quantitative estimate of drug-likeness (QED) is 0.712. The van der Waals surface area contributed by atoms with Crippen molar-refractivity contribution in [2.45, 2.75) is 52.5 Å². The average molecular weight is 183 g/mol. The Morgan fingerprint density at radius 3 is 2.15 bits per heavy atom. The van der Waals surface area contributed by atoms with Crippen LogP contribution in [0.5, 0.6) is 0 Å². The second-order valence-electron chi connectivity index (χ2n) is 5.18. The Hall–Kier alpha value is -0.370. The standard InChI is InChI=1S/C11H21NO/c1-11(2,3)10(13)9(12)8-6-4-5-7-8/h8-9H,4-7,12H2,1-3H3/t9-/m1/s1. The van der Waals surface area contributed by atoms with Gasteiger partial charge >= 0.3 is 0 Å². The second-order valence-corrected chi connectivity index (χ2v) is 5.18. The Labute approximate surface area is 80.9 Å². The third kappa shape index (κ3) is 2.53. The van der Waals surface area contributed by atoms with Gasteiger partial charge in [-0.05, 0) is 18.8 Å². The number of hydrogen-bond donors (Lipinski definition) is 1. The zero-order valence-corrected chi connectivity index (χ0v) is 8.97. The fraction of sp³-hybridized carbons (Fsp3) is 0.909. The van der Waals surface area contributed by atoms with E-state index in [4.69, 9.17) is 5.73 Å². The lowest BCUT2D eigenvalue weighted by atomic mass is 9.81. The van der Waals surface area contributed by atoms with E-state index >= 15 is 0 Å². The first kappa shape index (κ1) is 10.7. The van der Waals surface area contributed by atoms with E-state index in [9.17, 15) is 4.79 Å². The molecule has 0 aliphatic heterocycles. The lowest BCUT2D eigenvalue weighted by Crippen LogP contribution is -2.43. The first-order valence-corrected chi connectivity index (χ1v) is 5.23. The van der Waals surface area contributed by atoms with Gasteiger partial charge in [0.15, 0.2) is 5.78 Å². The van der Waals surface area contributed by atoms with Crippen LogP contribution in [-0.2, 0) is 4.79 Å². The summed E-state index contributed by atoms with van der Waals surface area (Å²) in [6.45, 7) is 5.85. The third-order valence-electron chi connectivity index (χ3n) is 2.95. The Morgan fingerprint density at radius 1 is 1.31 bits per heavy atom. The van der Waals surface area contributed by atoms with Crippen LogP contribution in [0.1, 0.15) is 46.5 Å². The number of hydrogen-bond acceptors (Lipinski definition) is 2. The SMILES string of the molecule is CC(C)(C)C(=O)[C@H](N)C1CCCC1. The summed E-state index contributed by atoms with van der Waals surface area (Å²) in [5, 5.41) is 0. The summed E-state index contributed by atoms with van der Waals surface area (Å²) >= 11 is 0. The predicted molar refractivity (Wildman–Crippen MR) is 54.4 cm³/mol. The molecule has 0 radical (unpaired) electrons. The molecule has 0 saturated heterocycles. The van der Waals surface area contributed by atoms with Crippen LogP contribution in [0, 0.1) is 11.3 Å². The Morgan fingerprint density at radius 2 is 1.77 bits per heavy atom. The van der Waals surface area contributed by atoms with Crippen molar-refractivity contribution in [1.82, 2.24) is 0 Å². The Kier molecular flexibility index (Phi) is 3.12. The molecule has 1 rings (SSSR count). The molecule has 1 fully saturated rings. The molecule has 0 aromatic carbocycles. The third-order valence-corrected chi connectivity index (χ3v) is 2.95. The zero-order valence-electron chi connectivity index (χ0n) is 8.97. The number of nitrogens with two attached hydrogens (primary N) is 1. The average Bonchev–Trinajstić information content (AvgIpc) is 2.51. The lowest BCUT2D eigenvalue weighted by Gasteiger charge is -2.25. The molecule has 0 heterocycles. The van der Waals surface area contributed by atoms with E-state index in [-0.39, 0.29) is 17.2 Å². The number of carbonyl (C=O) groups is 1. The van der Waals surface area contributed by atoms with E-state index in [0.29, 0.717) is 5.92 Å². The monoisotopic (exact) mass is 183 g/mol. The predicted octanol–water partition coefficient (Wildman–Crippen LogP) is 2.12. The van der Waals surface area contributed by atoms with Gasteiger partial charge in [-0.15, -0.1) is 0 Å². The fourth-order valence-corrected chi connectivity index (χ4v) is 2.03. The molecule has 0 unspecified atom stereocenters. The molecule has 1 aliphatic rings. The second kappa shape index (κ2) is 3.79. The normalized spacial score (nSPS) is 21.8. The highest BCUT2D eigenvalue weighted by molar-refractivity contribution is 5.88. The smallest absolute Gasteiger partial charge is 0.155 e. The minimum Gasteiger partial charge on any atom is -0.321 e. The van der Waals surface area contributed by atoms with Gasteiger partial charge in [0.1, 0.15) is 0 Å². The van der Waals surface area contributed by atoms with Gasteiger partial charge in [-0.3, -0.25) is 4.79 Å². The zero-order chi connectivity index (χ0) is 10.1. The van der Waals surface area contributed by atoms with Gasteiger partial charge in [0.25, 0.3) is 0 Å². The molecule has 0 bridgehead atoms. The summed E-state index contributed by atoms with van der Waals surface area (Å²) < 4.78 is 0. The van der Waals surface area contributed by atoms with E-state index in [0.717, 1.165) is 12.8 Å². The molecular formula is C11H21NO. The molecule has 0 aromatic heterocycles. The van der Waals surface area contributed by atoms with Crippen molar-refractivity contribution < 1.29 is 4.79 Å². The molecule has 13 heavy (non-hydrogen) atoms. The molecule has 1 atom stereocenters. The molecule has 0 spiro atoms. The van der Waals surface area contributed by atoms with Crippen molar-refractivity contribution in [2.75, 3.05) is 0 Å². The van der Waals surface area contributed by atoms with Gasteiger partial charge < -0.3 is 5.73 Å². The van der Waals surface area contributed by atoms with Gasteiger partial charge in [-0.2, -0.15) is 0 Å². The maximum Gasteiger partial charge on any atom is 0.155 e. The van der Waals surface area contributed by atoms with Crippen LogP contribution in [0.15, 0.2) is 0 Å². The molecule has 0 amide bonds. The molecule has 1 aliphatic carbocycles.